The minimum atomic E-state index is -0.678. The summed E-state index contributed by atoms with van der Waals surface area (Å²) >= 11 is 2.07. The van der Waals surface area contributed by atoms with Crippen LogP contribution in [-0.2, 0) is 4.79 Å². The van der Waals surface area contributed by atoms with E-state index in [9.17, 15) is 9.90 Å². The molecule has 0 amide bonds. The van der Waals surface area contributed by atoms with Gasteiger partial charge in [0.2, 0.25) is 0 Å². The van der Waals surface area contributed by atoms with Crippen molar-refractivity contribution in [2.24, 2.45) is 0 Å². The molecule has 2 rings (SSSR count). The SMILES string of the molecule is CC(C)NC1(C(=O)O)CCCC(SC2CCCC2)C1. The average Bonchev–Trinajstić information content (AvgIpc) is 2.81. The summed E-state index contributed by atoms with van der Waals surface area (Å²) in [5, 5.41) is 14.3. The summed E-state index contributed by atoms with van der Waals surface area (Å²) in [6.07, 6.45) is 9.19. The van der Waals surface area contributed by atoms with E-state index in [-0.39, 0.29) is 6.04 Å². The predicted octanol–water partition coefficient (Wildman–Crippen LogP) is 3.43. The Balaban J connectivity index is 1.98. The van der Waals surface area contributed by atoms with Gasteiger partial charge in [-0.3, -0.25) is 10.1 Å². The number of thioether (sulfide) groups is 1. The van der Waals surface area contributed by atoms with Crippen molar-refractivity contribution in [1.29, 1.82) is 0 Å². The zero-order chi connectivity index (χ0) is 13.9. The van der Waals surface area contributed by atoms with Gasteiger partial charge in [0.25, 0.3) is 0 Å². The third-order valence-electron chi connectivity index (χ3n) is 4.37. The molecule has 2 saturated carbocycles. The number of carbonyl (C=O) groups is 1. The van der Waals surface area contributed by atoms with Gasteiger partial charge in [0.05, 0.1) is 0 Å². The highest BCUT2D eigenvalue weighted by Crippen LogP contribution is 2.41. The Hall–Kier alpha value is -0.220. The molecule has 2 N–H and O–H groups in total. The molecule has 0 spiro atoms. The molecule has 2 aliphatic rings. The fourth-order valence-corrected chi connectivity index (χ4v) is 5.41. The second kappa shape index (κ2) is 6.49. The lowest BCUT2D eigenvalue weighted by Gasteiger charge is -2.40. The Morgan fingerprint density at radius 2 is 1.84 bits per heavy atom. The van der Waals surface area contributed by atoms with Crippen LogP contribution in [0.4, 0.5) is 0 Å². The molecule has 110 valence electrons. The topological polar surface area (TPSA) is 49.3 Å². The van der Waals surface area contributed by atoms with Crippen molar-refractivity contribution in [2.75, 3.05) is 0 Å². The van der Waals surface area contributed by atoms with Gasteiger partial charge >= 0.3 is 5.97 Å². The maximum atomic E-state index is 11.7. The van der Waals surface area contributed by atoms with Gasteiger partial charge in [-0.05, 0) is 52.4 Å². The molecule has 4 heteroatoms. The molecule has 0 aromatic rings. The quantitative estimate of drug-likeness (QED) is 0.812. The number of carboxylic acids is 1. The summed E-state index contributed by atoms with van der Waals surface area (Å²) in [7, 11) is 0. The number of aliphatic carboxylic acids is 1. The Bertz CT molecular complexity index is 315. The lowest BCUT2D eigenvalue weighted by atomic mass is 9.81. The van der Waals surface area contributed by atoms with E-state index in [1.807, 2.05) is 13.8 Å². The first-order chi connectivity index (χ1) is 9.02. The van der Waals surface area contributed by atoms with Crippen LogP contribution in [0.2, 0.25) is 0 Å². The van der Waals surface area contributed by atoms with Crippen LogP contribution >= 0.6 is 11.8 Å². The zero-order valence-electron chi connectivity index (χ0n) is 12.2. The number of carboxylic acid groups (broad SMARTS) is 1. The van der Waals surface area contributed by atoms with Crippen molar-refractivity contribution in [3.63, 3.8) is 0 Å². The molecule has 0 aromatic carbocycles. The monoisotopic (exact) mass is 285 g/mol. The fraction of sp³-hybridized carbons (Fsp3) is 0.933. The molecule has 0 heterocycles. The van der Waals surface area contributed by atoms with Crippen LogP contribution in [0.15, 0.2) is 0 Å². The summed E-state index contributed by atoms with van der Waals surface area (Å²) in [6, 6.07) is 0.228. The Labute approximate surface area is 120 Å². The molecule has 0 radical (unpaired) electrons. The normalized spacial score (nSPS) is 32.9. The van der Waals surface area contributed by atoms with E-state index in [0.717, 1.165) is 24.5 Å². The molecule has 2 aliphatic carbocycles. The van der Waals surface area contributed by atoms with Crippen LogP contribution in [0, 0.1) is 0 Å². The molecule has 2 atom stereocenters. The van der Waals surface area contributed by atoms with Crippen LogP contribution < -0.4 is 5.32 Å². The highest BCUT2D eigenvalue weighted by atomic mass is 32.2. The molecule has 3 nitrogen and oxygen atoms in total. The van der Waals surface area contributed by atoms with Crippen molar-refractivity contribution in [3.8, 4) is 0 Å². The lowest BCUT2D eigenvalue weighted by Crippen LogP contribution is -2.57. The standard InChI is InChI=1S/C15H27NO2S/c1-11(2)16-15(14(17)18)9-5-8-13(10-15)19-12-6-3-4-7-12/h11-13,16H,3-10H2,1-2H3,(H,17,18). The van der Waals surface area contributed by atoms with Crippen LogP contribution in [0.1, 0.15) is 65.2 Å². The van der Waals surface area contributed by atoms with Gasteiger partial charge in [0, 0.05) is 16.5 Å². The molecule has 0 aliphatic heterocycles. The fourth-order valence-electron chi connectivity index (χ4n) is 3.58. The van der Waals surface area contributed by atoms with Crippen molar-refractivity contribution >= 4 is 17.7 Å². The second-order valence-corrected chi connectivity index (χ2v) is 8.05. The third-order valence-corrected chi connectivity index (χ3v) is 6.01. The van der Waals surface area contributed by atoms with E-state index in [0.29, 0.717) is 5.25 Å². The van der Waals surface area contributed by atoms with Gasteiger partial charge in [0.1, 0.15) is 5.54 Å². The van der Waals surface area contributed by atoms with Crippen LogP contribution in [-0.4, -0.2) is 33.2 Å². The Kier molecular flexibility index (Phi) is 5.18. The molecule has 0 bridgehead atoms. The maximum Gasteiger partial charge on any atom is 0.323 e. The average molecular weight is 285 g/mol. The lowest BCUT2D eigenvalue weighted by molar-refractivity contribution is -0.146. The van der Waals surface area contributed by atoms with Gasteiger partial charge in [-0.2, -0.15) is 11.8 Å². The van der Waals surface area contributed by atoms with E-state index in [2.05, 4.69) is 17.1 Å². The highest BCUT2D eigenvalue weighted by Gasteiger charge is 2.43. The van der Waals surface area contributed by atoms with E-state index >= 15 is 0 Å². The Morgan fingerprint density at radius 3 is 2.42 bits per heavy atom. The van der Waals surface area contributed by atoms with E-state index in [1.165, 1.54) is 32.1 Å². The molecule has 0 aromatic heterocycles. The van der Waals surface area contributed by atoms with Gasteiger partial charge in [-0.15, -0.1) is 0 Å². The first-order valence-electron chi connectivity index (χ1n) is 7.68. The first kappa shape index (κ1) is 15.2. The molecule has 0 saturated heterocycles. The summed E-state index contributed by atoms with van der Waals surface area (Å²) in [5.41, 5.74) is -0.678. The van der Waals surface area contributed by atoms with E-state index < -0.39 is 11.5 Å². The number of hydrogen-bond acceptors (Lipinski definition) is 3. The van der Waals surface area contributed by atoms with Gasteiger partial charge in [0.15, 0.2) is 0 Å². The molecular weight excluding hydrogens is 258 g/mol. The van der Waals surface area contributed by atoms with Crippen molar-refractivity contribution in [2.45, 2.75) is 87.3 Å². The maximum absolute atomic E-state index is 11.7. The van der Waals surface area contributed by atoms with Crippen molar-refractivity contribution in [1.82, 2.24) is 5.32 Å². The van der Waals surface area contributed by atoms with Gasteiger partial charge < -0.3 is 5.11 Å². The van der Waals surface area contributed by atoms with Crippen LogP contribution in [0.25, 0.3) is 0 Å². The van der Waals surface area contributed by atoms with Gasteiger partial charge in [-0.25, -0.2) is 0 Å². The van der Waals surface area contributed by atoms with Crippen molar-refractivity contribution < 1.29 is 9.90 Å². The minimum absolute atomic E-state index is 0.228. The molecule has 2 fully saturated rings. The summed E-state index contributed by atoms with van der Waals surface area (Å²) in [4.78, 5) is 11.7. The van der Waals surface area contributed by atoms with Crippen LogP contribution in [0.3, 0.4) is 0 Å². The number of rotatable bonds is 5. The summed E-state index contributed by atoms with van der Waals surface area (Å²) in [6.45, 7) is 4.08. The van der Waals surface area contributed by atoms with E-state index in [1.54, 1.807) is 0 Å². The summed E-state index contributed by atoms with van der Waals surface area (Å²) in [5.74, 6) is -0.655. The molecule has 19 heavy (non-hydrogen) atoms. The Morgan fingerprint density at radius 1 is 1.21 bits per heavy atom. The minimum Gasteiger partial charge on any atom is -0.480 e. The number of hydrogen-bond donors (Lipinski definition) is 2. The predicted molar refractivity (Wildman–Crippen MR) is 80.7 cm³/mol. The molecular formula is C15H27NO2S. The van der Waals surface area contributed by atoms with Crippen LogP contribution in [0.5, 0.6) is 0 Å². The van der Waals surface area contributed by atoms with Gasteiger partial charge in [-0.1, -0.05) is 12.8 Å². The molecule has 2 unspecified atom stereocenters. The van der Waals surface area contributed by atoms with E-state index in [4.69, 9.17) is 0 Å². The first-order valence-corrected chi connectivity index (χ1v) is 8.63. The summed E-state index contributed by atoms with van der Waals surface area (Å²) < 4.78 is 0. The smallest absolute Gasteiger partial charge is 0.323 e. The largest absolute Gasteiger partial charge is 0.480 e. The second-order valence-electron chi connectivity index (χ2n) is 6.45. The highest BCUT2D eigenvalue weighted by molar-refractivity contribution is 8.00. The number of nitrogens with one attached hydrogen (secondary N) is 1. The zero-order valence-corrected chi connectivity index (χ0v) is 13.0. The third kappa shape index (κ3) is 3.88. The van der Waals surface area contributed by atoms with Crippen molar-refractivity contribution in [3.05, 3.63) is 0 Å².